The Morgan fingerprint density at radius 1 is 1.28 bits per heavy atom. The van der Waals surface area contributed by atoms with Crippen molar-refractivity contribution in [2.75, 3.05) is 11.9 Å². The third kappa shape index (κ3) is 4.49. The van der Waals surface area contributed by atoms with Gasteiger partial charge in [-0.05, 0) is 38.3 Å². The molecule has 0 fully saturated rings. The Kier molecular flexibility index (Phi) is 5.86. The van der Waals surface area contributed by atoms with Crippen molar-refractivity contribution in [3.63, 3.8) is 0 Å². The summed E-state index contributed by atoms with van der Waals surface area (Å²) in [6.45, 7) is 8.64. The molecule has 0 radical (unpaired) electrons. The van der Waals surface area contributed by atoms with Gasteiger partial charge in [0.2, 0.25) is 5.91 Å². The molecule has 0 aromatic heterocycles. The summed E-state index contributed by atoms with van der Waals surface area (Å²) >= 11 is 0. The van der Waals surface area contributed by atoms with Gasteiger partial charge >= 0.3 is 0 Å². The molecule has 0 saturated heterocycles. The normalized spacial score (nSPS) is 12.2. The van der Waals surface area contributed by atoms with Crippen LogP contribution < -0.4 is 10.6 Å². The fourth-order valence-electron chi connectivity index (χ4n) is 2.00. The van der Waals surface area contributed by atoms with Crippen LogP contribution in [0.4, 0.5) is 5.69 Å². The minimum Gasteiger partial charge on any atom is -0.324 e. The van der Waals surface area contributed by atoms with Crippen molar-refractivity contribution in [3.8, 4) is 0 Å². The van der Waals surface area contributed by atoms with Gasteiger partial charge in [-0.25, -0.2) is 0 Å². The Hall–Kier alpha value is -1.35. The van der Waals surface area contributed by atoms with Crippen molar-refractivity contribution in [1.29, 1.82) is 0 Å². The van der Waals surface area contributed by atoms with E-state index in [2.05, 4.69) is 24.5 Å². The molecule has 0 bridgehead atoms. The highest BCUT2D eigenvalue weighted by Gasteiger charge is 2.08. The average Bonchev–Trinajstić information content (AvgIpc) is 2.32. The molecule has 0 aliphatic heterocycles. The molecule has 1 amide bonds. The number of carbonyl (C=O) groups excluding carboxylic acids is 1. The second-order valence-corrected chi connectivity index (χ2v) is 4.89. The number of rotatable bonds is 6. The van der Waals surface area contributed by atoms with Crippen LogP contribution in [0.25, 0.3) is 0 Å². The summed E-state index contributed by atoms with van der Waals surface area (Å²) < 4.78 is 0. The lowest BCUT2D eigenvalue weighted by atomic mass is 10.1. The summed E-state index contributed by atoms with van der Waals surface area (Å²) in [5.74, 6) is 0.0235. The van der Waals surface area contributed by atoms with Gasteiger partial charge in [-0.15, -0.1) is 0 Å². The average molecular weight is 248 g/mol. The number of nitrogens with one attached hydrogen (secondary N) is 2. The number of amides is 1. The van der Waals surface area contributed by atoms with Crippen molar-refractivity contribution in [3.05, 3.63) is 29.3 Å². The highest BCUT2D eigenvalue weighted by Crippen LogP contribution is 2.18. The van der Waals surface area contributed by atoms with Crippen LogP contribution >= 0.6 is 0 Å². The van der Waals surface area contributed by atoms with Gasteiger partial charge in [-0.3, -0.25) is 4.79 Å². The molecule has 0 spiro atoms. The first-order valence-corrected chi connectivity index (χ1v) is 6.64. The van der Waals surface area contributed by atoms with Crippen molar-refractivity contribution in [2.45, 2.75) is 46.6 Å². The summed E-state index contributed by atoms with van der Waals surface area (Å²) in [6, 6.07) is 6.41. The van der Waals surface area contributed by atoms with Gasteiger partial charge in [-0.2, -0.15) is 0 Å². The molecule has 18 heavy (non-hydrogen) atoms. The number of carbonyl (C=O) groups is 1. The maximum absolute atomic E-state index is 11.9. The first kappa shape index (κ1) is 14.7. The number of benzene rings is 1. The van der Waals surface area contributed by atoms with Crippen molar-refractivity contribution in [1.82, 2.24) is 5.32 Å². The molecular weight excluding hydrogens is 224 g/mol. The van der Waals surface area contributed by atoms with E-state index in [4.69, 9.17) is 0 Å². The highest BCUT2D eigenvalue weighted by molar-refractivity contribution is 5.93. The van der Waals surface area contributed by atoms with Gasteiger partial charge in [0.15, 0.2) is 0 Å². The van der Waals surface area contributed by atoms with E-state index >= 15 is 0 Å². The zero-order chi connectivity index (χ0) is 13.5. The molecule has 1 aromatic carbocycles. The van der Waals surface area contributed by atoms with Crippen LogP contribution in [0.5, 0.6) is 0 Å². The standard InChI is InChI=1S/C15H24N2O/c1-5-7-13(4)16-10-14(18)17-15-11(2)8-6-9-12(15)3/h6,8-9,13,16H,5,7,10H2,1-4H3,(H,17,18). The third-order valence-corrected chi connectivity index (χ3v) is 3.08. The molecule has 3 nitrogen and oxygen atoms in total. The maximum atomic E-state index is 11.9. The van der Waals surface area contributed by atoms with E-state index < -0.39 is 0 Å². The SMILES string of the molecule is CCCC(C)NCC(=O)Nc1c(C)cccc1C. The Morgan fingerprint density at radius 2 is 1.89 bits per heavy atom. The van der Waals surface area contributed by atoms with Crippen molar-refractivity contribution < 1.29 is 4.79 Å². The molecule has 0 aliphatic carbocycles. The zero-order valence-electron chi connectivity index (χ0n) is 11.8. The van der Waals surface area contributed by atoms with Gasteiger partial charge in [-0.1, -0.05) is 31.5 Å². The summed E-state index contributed by atoms with van der Waals surface area (Å²) in [5.41, 5.74) is 3.14. The fourth-order valence-corrected chi connectivity index (χ4v) is 2.00. The second-order valence-electron chi connectivity index (χ2n) is 4.89. The van der Waals surface area contributed by atoms with E-state index in [1.165, 1.54) is 0 Å². The second kappa shape index (κ2) is 7.17. The predicted molar refractivity (Wildman–Crippen MR) is 76.9 cm³/mol. The van der Waals surface area contributed by atoms with E-state index in [0.717, 1.165) is 29.7 Å². The van der Waals surface area contributed by atoms with E-state index in [-0.39, 0.29) is 5.91 Å². The zero-order valence-corrected chi connectivity index (χ0v) is 11.8. The number of hydrogen-bond acceptors (Lipinski definition) is 2. The molecule has 0 aliphatic rings. The van der Waals surface area contributed by atoms with E-state index in [1.54, 1.807) is 0 Å². The van der Waals surface area contributed by atoms with E-state index in [1.807, 2.05) is 32.0 Å². The largest absolute Gasteiger partial charge is 0.324 e. The summed E-state index contributed by atoms with van der Waals surface area (Å²) in [6.07, 6.45) is 2.23. The van der Waals surface area contributed by atoms with Crippen molar-refractivity contribution >= 4 is 11.6 Å². The van der Waals surface area contributed by atoms with Gasteiger partial charge in [0, 0.05) is 11.7 Å². The monoisotopic (exact) mass is 248 g/mol. The van der Waals surface area contributed by atoms with Gasteiger partial charge < -0.3 is 10.6 Å². The van der Waals surface area contributed by atoms with E-state index in [9.17, 15) is 4.79 Å². The summed E-state index contributed by atoms with van der Waals surface area (Å²) in [4.78, 5) is 11.9. The Morgan fingerprint density at radius 3 is 2.44 bits per heavy atom. The van der Waals surface area contributed by atoms with E-state index in [0.29, 0.717) is 12.6 Å². The highest BCUT2D eigenvalue weighted by atomic mass is 16.1. The van der Waals surface area contributed by atoms with Gasteiger partial charge in [0.25, 0.3) is 0 Å². The van der Waals surface area contributed by atoms with Gasteiger partial charge in [0.1, 0.15) is 0 Å². The van der Waals surface area contributed by atoms with Crippen LogP contribution in [-0.4, -0.2) is 18.5 Å². The lowest BCUT2D eigenvalue weighted by Gasteiger charge is -2.14. The van der Waals surface area contributed by atoms with Crippen LogP contribution in [0.2, 0.25) is 0 Å². The first-order chi connectivity index (χ1) is 8.54. The van der Waals surface area contributed by atoms with Crippen LogP contribution in [0.15, 0.2) is 18.2 Å². The molecule has 1 atom stereocenters. The van der Waals surface area contributed by atoms with Crippen LogP contribution in [-0.2, 0) is 4.79 Å². The molecule has 0 saturated carbocycles. The first-order valence-electron chi connectivity index (χ1n) is 6.64. The number of anilines is 1. The topological polar surface area (TPSA) is 41.1 Å². The quantitative estimate of drug-likeness (QED) is 0.812. The molecule has 0 heterocycles. The Labute approximate surface area is 110 Å². The summed E-state index contributed by atoms with van der Waals surface area (Å²) in [7, 11) is 0. The molecule has 100 valence electrons. The van der Waals surface area contributed by atoms with Crippen molar-refractivity contribution in [2.24, 2.45) is 0 Å². The Balaban J connectivity index is 2.50. The molecule has 1 aromatic rings. The smallest absolute Gasteiger partial charge is 0.238 e. The van der Waals surface area contributed by atoms with Crippen LogP contribution in [0.1, 0.15) is 37.8 Å². The molecule has 2 N–H and O–H groups in total. The maximum Gasteiger partial charge on any atom is 0.238 e. The predicted octanol–water partition coefficient (Wildman–Crippen LogP) is 3.02. The lowest BCUT2D eigenvalue weighted by Crippen LogP contribution is -2.34. The minimum atomic E-state index is 0.0235. The number of hydrogen-bond donors (Lipinski definition) is 2. The molecule has 1 unspecified atom stereocenters. The molecule has 3 heteroatoms. The van der Waals surface area contributed by atoms with Crippen LogP contribution in [0.3, 0.4) is 0 Å². The number of aryl methyl sites for hydroxylation is 2. The number of para-hydroxylation sites is 1. The third-order valence-electron chi connectivity index (χ3n) is 3.08. The van der Waals surface area contributed by atoms with Crippen LogP contribution in [0, 0.1) is 13.8 Å². The fraction of sp³-hybridized carbons (Fsp3) is 0.533. The molecule has 1 rings (SSSR count). The lowest BCUT2D eigenvalue weighted by molar-refractivity contribution is -0.115. The molecular formula is C15H24N2O. The Bertz CT molecular complexity index is 381. The summed E-state index contributed by atoms with van der Waals surface area (Å²) in [5, 5.41) is 6.20. The minimum absolute atomic E-state index is 0.0235. The van der Waals surface area contributed by atoms with Gasteiger partial charge in [0.05, 0.1) is 6.54 Å².